The zero-order valence-electron chi connectivity index (χ0n) is 19.4. The van der Waals surface area contributed by atoms with E-state index in [1.54, 1.807) is 31.2 Å². The molecular weight excluding hydrogens is 436 g/mol. The summed E-state index contributed by atoms with van der Waals surface area (Å²) in [5.41, 5.74) is 1.09. The lowest BCUT2D eigenvalue weighted by Gasteiger charge is -2.42. The number of aryl methyl sites for hydroxylation is 2. The molecule has 4 rings (SSSR count). The number of hydrogen-bond acceptors (Lipinski definition) is 5. The quantitative estimate of drug-likeness (QED) is 0.349. The van der Waals surface area contributed by atoms with Gasteiger partial charge in [0.25, 0.3) is 5.91 Å². The number of amides is 5. The van der Waals surface area contributed by atoms with Crippen LogP contribution in [0.25, 0.3) is 0 Å². The van der Waals surface area contributed by atoms with Gasteiger partial charge in [-0.15, -0.1) is 0 Å². The summed E-state index contributed by atoms with van der Waals surface area (Å²) in [5.74, 6) is -1.23. The van der Waals surface area contributed by atoms with Crippen LogP contribution in [0.1, 0.15) is 41.5 Å². The molecule has 0 aromatic heterocycles. The van der Waals surface area contributed by atoms with Crippen LogP contribution >= 0.6 is 0 Å². The second-order valence-electron chi connectivity index (χ2n) is 9.07. The van der Waals surface area contributed by atoms with Gasteiger partial charge in [0.05, 0.1) is 0 Å². The first-order chi connectivity index (χ1) is 16.2. The number of hydrogen-bond donors (Lipinski definition) is 4. The minimum absolute atomic E-state index is 0.263. The van der Waals surface area contributed by atoms with Gasteiger partial charge in [0, 0.05) is 12.5 Å². The summed E-state index contributed by atoms with van der Waals surface area (Å²) < 4.78 is 5.97. The maximum atomic E-state index is 13.0. The molecule has 0 saturated carbocycles. The smallest absolute Gasteiger partial charge is 0.322 e. The van der Waals surface area contributed by atoms with Crippen LogP contribution in [0.15, 0.2) is 42.5 Å². The third kappa shape index (κ3) is 3.98. The Hall–Kier alpha value is -3.88. The van der Waals surface area contributed by atoms with Gasteiger partial charge in [0.1, 0.15) is 23.4 Å². The molecular formula is C25H28N4O5. The van der Waals surface area contributed by atoms with Gasteiger partial charge in [0.2, 0.25) is 12.3 Å². The summed E-state index contributed by atoms with van der Waals surface area (Å²) in [6.07, 6.45) is 0.719. The van der Waals surface area contributed by atoms with Crippen LogP contribution in [0.2, 0.25) is 0 Å². The van der Waals surface area contributed by atoms with E-state index in [1.807, 2.05) is 13.8 Å². The second-order valence-corrected chi connectivity index (χ2v) is 9.07. The Morgan fingerprint density at radius 3 is 2.41 bits per heavy atom. The molecule has 0 aliphatic carbocycles. The van der Waals surface area contributed by atoms with Crippen molar-refractivity contribution in [1.82, 2.24) is 21.3 Å². The molecule has 5 amide bonds. The van der Waals surface area contributed by atoms with Gasteiger partial charge in [-0.3, -0.25) is 19.7 Å². The van der Waals surface area contributed by atoms with Crippen LogP contribution in [0.4, 0.5) is 4.79 Å². The highest BCUT2D eigenvalue weighted by molar-refractivity contribution is 6.08. The molecule has 2 aliphatic rings. The zero-order valence-corrected chi connectivity index (χ0v) is 19.4. The molecule has 2 aromatic rings. The Labute approximate surface area is 197 Å². The van der Waals surface area contributed by atoms with E-state index in [0.29, 0.717) is 30.9 Å². The maximum Gasteiger partial charge on any atom is 0.322 e. The number of ether oxygens (including phenoxy) is 1. The third-order valence-corrected chi connectivity index (χ3v) is 6.78. The molecule has 0 bridgehead atoms. The highest BCUT2D eigenvalue weighted by Crippen LogP contribution is 2.43. The van der Waals surface area contributed by atoms with Crippen molar-refractivity contribution in [2.24, 2.45) is 0 Å². The van der Waals surface area contributed by atoms with E-state index in [-0.39, 0.29) is 6.42 Å². The predicted octanol–water partition coefficient (Wildman–Crippen LogP) is 1.57. The molecule has 9 heteroatoms. The van der Waals surface area contributed by atoms with Gasteiger partial charge in [-0.2, -0.15) is 0 Å². The summed E-state index contributed by atoms with van der Waals surface area (Å²) >= 11 is 0. The highest BCUT2D eigenvalue weighted by atomic mass is 16.5. The second kappa shape index (κ2) is 8.81. The summed E-state index contributed by atoms with van der Waals surface area (Å²) in [5, 5.41) is 10.3. The van der Waals surface area contributed by atoms with Crippen molar-refractivity contribution in [3.63, 3.8) is 0 Å². The van der Waals surface area contributed by atoms with Crippen molar-refractivity contribution in [3.8, 4) is 5.75 Å². The van der Waals surface area contributed by atoms with Crippen LogP contribution < -0.4 is 26.0 Å². The number of imide groups is 1. The van der Waals surface area contributed by atoms with Crippen LogP contribution in [0, 0.1) is 13.8 Å². The summed E-state index contributed by atoms with van der Waals surface area (Å²) in [7, 11) is 0. The first-order valence-corrected chi connectivity index (χ1v) is 11.1. The van der Waals surface area contributed by atoms with E-state index in [2.05, 4.69) is 39.5 Å². The SMILES string of the molecule is Cc1ccc(C)c(COc2ccc(C(C3(C)NC(=O)NC3=O)C3(NC=O)CCNC3=O)cc2)c1. The highest BCUT2D eigenvalue weighted by Gasteiger charge is 2.61. The monoisotopic (exact) mass is 464 g/mol. The van der Waals surface area contributed by atoms with E-state index in [9.17, 15) is 19.2 Å². The summed E-state index contributed by atoms with van der Waals surface area (Å²) in [6.45, 7) is 6.34. The molecule has 0 spiro atoms. The Morgan fingerprint density at radius 1 is 1.09 bits per heavy atom. The molecule has 2 aromatic carbocycles. The molecule has 2 aliphatic heterocycles. The van der Waals surface area contributed by atoms with Crippen molar-refractivity contribution < 1.29 is 23.9 Å². The van der Waals surface area contributed by atoms with Crippen molar-refractivity contribution in [2.75, 3.05) is 6.54 Å². The van der Waals surface area contributed by atoms with Gasteiger partial charge >= 0.3 is 6.03 Å². The minimum Gasteiger partial charge on any atom is -0.489 e. The fraction of sp³-hybridized carbons (Fsp3) is 0.360. The Bertz CT molecular complexity index is 1150. The number of urea groups is 1. The molecule has 0 radical (unpaired) electrons. The fourth-order valence-corrected chi connectivity index (χ4v) is 4.99. The molecule has 34 heavy (non-hydrogen) atoms. The van der Waals surface area contributed by atoms with E-state index >= 15 is 0 Å². The van der Waals surface area contributed by atoms with Gasteiger partial charge in [-0.1, -0.05) is 35.9 Å². The largest absolute Gasteiger partial charge is 0.489 e. The molecule has 3 unspecified atom stereocenters. The number of benzene rings is 2. The third-order valence-electron chi connectivity index (χ3n) is 6.78. The first kappa shape index (κ1) is 23.3. The molecule has 2 saturated heterocycles. The average Bonchev–Trinajstić information content (AvgIpc) is 3.28. The summed E-state index contributed by atoms with van der Waals surface area (Å²) in [6, 6.07) is 12.6. The normalized spacial score (nSPS) is 24.7. The molecule has 9 nitrogen and oxygen atoms in total. The predicted molar refractivity (Wildman–Crippen MR) is 124 cm³/mol. The van der Waals surface area contributed by atoms with E-state index in [0.717, 1.165) is 16.7 Å². The van der Waals surface area contributed by atoms with Gasteiger partial charge in [0.15, 0.2) is 0 Å². The Balaban J connectivity index is 1.67. The van der Waals surface area contributed by atoms with Gasteiger partial charge in [-0.05, 0) is 56.0 Å². The number of carbonyl (C=O) groups is 4. The average molecular weight is 465 g/mol. The lowest BCUT2D eigenvalue weighted by molar-refractivity contribution is -0.132. The lowest BCUT2D eigenvalue weighted by Crippen LogP contribution is -2.65. The number of carbonyl (C=O) groups excluding carboxylic acids is 4. The van der Waals surface area contributed by atoms with Gasteiger partial charge < -0.3 is 20.7 Å². The molecule has 3 atom stereocenters. The number of rotatable bonds is 8. The molecule has 2 fully saturated rings. The van der Waals surface area contributed by atoms with Gasteiger partial charge in [-0.25, -0.2) is 4.79 Å². The van der Waals surface area contributed by atoms with Crippen LogP contribution in [0.3, 0.4) is 0 Å². The van der Waals surface area contributed by atoms with E-state index < -0.39 is 34.8 Å². The van der Waals surface area contributed by atoms with Crippen molar-refractivity contribution >= 4 is 24.3 Å². The fourth-order valence-electron chi connectivity index (χ4n) is 4.99. The van der Waals surface area contributed by atoms with Crippen LogP contribution in [0.5, 0.6) is 5.75 Å². The van der Waals surface area contributed by atoms with E-state index in [4.69, 9.17) is 4.74 Å². The number of nitrogens with one attached hydrogen (secondary N) is 4. The zero-order chi connectivity index (χ0) is 24.5. The Kier molecular flexibility index (Phi) is 6.03. The molecule has 2 heterocycles. The minimum atomic E-state index is -1.46. The maximum absolute atomic E-state index is 13.0. The van der Waals surface area contributed by atoms with E-state index in [1.165, 1.54) is 0 Å². The Morgan fingerprint density at radius 2 is 1.82 bits per heavy atom. The molecule has 4 N–H and O–H groups in total. The molecule has 178 valence electrons. The lowest BCUT2D eigenvalue weighted by atomic mass is 9.67. The van der Waals surface area contributed by atoms with Crippen LogP contribution in [-0.4, -0.2) is 41.9 Å². The van der Waals surface area contributed by atoms with Crippen molar-refractivity contribution in [3.05, 3.63) is 64.7 Å². The van der Waals surface area contributed by atoms with Crippen LogP contribution in [-0.2, 0) is 21.0 Å². The summed E-state index contributed by atoms with van der Waals surface area (Å²) in [4.78, 5) is 49.4. The topological polar surface area (TPSA) is 126 Å². The standard InChI is InChI=1S/C25H28N4O5/c1-15-4-5-16(2)18(12-15)13-34-19-8-6-17(7-9-19)20(24(3)21(31)28-23(33)29-24)25(27-14-30)10-11-26-22(25)32/h4-9,12,14,20H,10-11,13H2,1-3H3,(H,26,32)(H,27,30)(H2,28,29,31,33). The van der Waals surface area contributed by atoms with Crippen molar-refractivity contribution in [1.29, 1.82) is 0 Å². The first-order valence-electron chi connectivity index (χ1n) is 11.1. The van der Waals surface area contributed by atoms with Crippen molar-refractivity contribution in [2.45, 2.75) is 50.8 Å².